The van der Waals surface area contributed by atoms with Crippen molar-refractivity contribution in [3.8, 4) is 0 Å². The van der Waals surface area contributed by atoms with Crippen LogP contribution in [-0.4, -0.2) is 30.7 Å². The molecule has 2 aromatic heterocycles. The number of nitrogens with zero attached hydrogens (tertiary/aromatic N) is 3. The molecule has 1 aliphatic rings. The Kier molecular flexibility index (Phi) is 2.44. The Labute approximate surface area is 97.3 Å². The number of aromatic amines is 1. The van der Waals surface area contributed by atoms with Gasteiger partial charge in [0.1, 0.15) is 0 Å². The molecule has 0 aliphatic heterocycles. The van der Waals surface area contributed by atoms with E-state index in [1.165, 1.54) is 6.33 Å². The minimum atomic E-state index is -0.373. The molecule has 2 atom stereocenters. The van der Waals surface area contributed by atoms with Crippen molar-refractivity contribution in [2.24, 2.45) is 0 Å². The molecular weight excluding hydrogens is 220 g/mol. The summed E-state index contributed by atoms with van der Waals surface area (Å²) in [7, 11) is 0. The predicted octanol–water partition coefficient (Wildman–Crippen LogP) is 0.596. The van der Waals surface area contributed by atoms with E-state index in [0.717, 1.165) is 25.7 Å². The molecule has 0 radical (unpaired) electrons. The van der Waals surface area contributed by atoms with Gasteiger partial charge in [0.25, 0.3) is 5.56 Å². The largest absolute Gasteiger partial charge is 0.391 e. The fourth-order valence-corrected chi connectivity index (χ4v) is 2.52. The third kappa shape index (κ3) is 1.64. The quantitative estimate of drug-likeness (QED) is 0.756. The van der Waals surface area contributed by atoms with Crippen molar-refractivity contribution >= 4 is 11.2 Å². The zero-order valence-corrected chi connectivity index (χ0v) is 9.33. The summed E-state index contributed by atoms with van der Waals surface area (Å²) in [5.41, 5.74) is 0.657. The molecule has 2 aromatic rings. The lowest BCUT2D eigenvalue weighted by atomic mass is 9.92. The maximum absolute atomic E-state index is 11.5. The second kappa shape index (κ2) is 3.96. The number of fused-ring (bicyclic) bond motifs is 1. The molecule has 90 valence electrons. The van der Waals surface area contributed by atoms with E-state index in [4.69, 9.17) is 0 Å². The highest BCUT2D eigenvalue weighted by atomic mass is 16.3. The van der Waals surface area contributed by atoms with Crippen molar-refractivity contribution < 1.29 is 5.11 Å². The molecule has 1 fully saturated rings. The van der Waals surface area contributed by atoms with Gasteiger partial charge in [0.05, 0.1) is 24.8 Å². The lowest BCUT2D eigenvalue weighted by Gasteiger charge is -2.28. The minimum Gasteiger partial charge on any atom is -0.391 e. The predicted molar refractivity (Wildman–Crippen MR) is 61.7 cm³/mol. The van der Waals surface area contributed by atoms with Crippen molar-refractivity contribution in [1.82, 2.24) is 19.5 Å². The average molecular weight is 234 g/mol. The number of H-pyrrole nitrogens is 1. The van der Waals surface area contributed by atoms with Crippen LogP contribution < -0.4 is 5.56 Å². The van der Waals surface area contributed by atoms with Gasteiger partial charge in [-0.05, 0) is 12.8 Å². The van der Waals surface area contributed by atoms with E-state index in [0.29, 0.717) is 11.2 Å². The number of aliphatic hydroxyl groups is 1. The van der Waals surface area contributed by atoms with Gasteiger partial charge in [-0.15, -0.1) is 0 Å². The molecule has 1 aliphatic carbocycles. The number of hydrogen-bond donors (Lipinski definition) is 2. The Morgan fingerprint density at radius 3 is 3.00 bits per heavy atom. The summed E-state index contributed by atoms with van der Waals surface area (Å²) >= 11 is 0. The molecule has 0 aromatic carbocycles. The first-order valence-corrected chi connectivity index (χ1v) is 5.85. The van der Waals surface area contributed by atoms with Gasteiger partial charge < -0.3 is 14.7 Å². The van der Waals surface area contributed by atoms with Crippen molar-refractivity contribution in [2.45, 2.75) is 37.8 Å². The second-order valence-electron chi connectivity index (χ2n) is 4.47. The fourth-order valence-electron chi connectivity index (χ4n) is 2.52. The van der Waals surface area contributed by atoms with Gasteiger partial charge in [-0.1, -0.05) is 12.8 Å². The van der Waals surface area contributed by atoms with E-state index in [2.05, 4.69) is 15.0 Å². The number of imidazole rings is 1. The Balaban J connectivity index is 2.11. The molecular formula is C11H14N4O2. The third-order valence-corrected chi connectivity index (χ3v) is 3.42. The molecule has 2 heterocycles. The van der Waals surface area contributed by atoms with Crippen LogP contribution in [0.25, 0.3) is 11.2 Å². The molecule has 17 heavy (non-hydrogen) atoms. The molecule has 2 unspecified atom stereocenters. The molecule has 1 saturated carbocycles. The SMILES string of the molecule is O=c1[nH]cnc2c1ncn2C1CCCCC1O. The Hall–Kier alpha value is -1.69. The summed E-state index contributed by atoms with van der Waals surface area (Å²) in [5, 5.41) is 10.0. The first-order chi connectivity index (χ1) is 8.27. The topological polar surface area (TPSA) is 83.8 Å². The zero-order chi connectivity index (χ0) is 11.8. The zero-order valence-electron chi connectivity index (χ0n) is 9.33. The van der Waals surface area contributed by atoms with Crippen molar-refractivity contribution in [3.63, 3.8) is 0 Å². The van der Waals surface area contributed by atoms with Gasteiger partial charge in [0, 0.05) is 0 Å². The number of nitrogens with one attached hydrogen (secondary N) is 1. The second-order valence-corrected chi connectivity index (χ2v) is 4.47. The van der Waals surface area contributed by atoms with Crippen LogP contribution in [0.4, 0.5) is 0 Å². The van der Waals surface area contributed by atoms with E-state index in [1.807, 2.05) is 4.57 Å². The summed E-state index contributed by atoms with van der Waals surface area (Å²) < 4.78 is 1.83. The number of hydrogen-bond acceptors (Lipinski definition) is 4. The molecule has 0 bridgehead atoms. The van der Waals surface area contributed by atoms with Gasteiger partial charge in [-0.25, -0.2) is 9.97 Å². The van der Waals surface area contributed by atoms with Gasteiger partial charge in [0.15, 0.2) is 11.2 Å². The molecule has 2 N–H and O–H groups in total. The molecule has 6 nitrogen and oxygen atoms in total. The lowest BCUT2D eigenvalue weighted by Crippen LogP contribution is -2.27. The van der Waals surface area contributed by atoms with Gasteiger partial charge in [-0.2, -0.15) is 0 Å². The standard InChI is InChI=1S/C11H14N4O2/c16-8-4-2-1-3-7(8)15-6-14-9-10(15)12-5-13-11(9)17/h5-8,16H,1-4H2,(H,12,13,17). The Morgan fingerprint density at radius 1 is 1.35 bits per heavy atom. The van der Waals surface area contributed by atoms with Crippen LogP contribution in [-0.2, 0) is 0 Å². The first kappa shape index (κ1) is 10.5. The van der Waals surface area contributed by atoms with Crippen LogP contribution in [0.5, 0.6) is 0 Å². The lowest BCUT2D eigenvalue weighted by molar-refractivity contribution is 0.0770. The fraction of sp³-hybridized carbons (Fsp3) is 0.545. The Bertz CT molecular complexity index is 588. The smallest absolute Gasteiger partial charge is 0.278 e. The first-order valence-electron chi connectivity index (χ1n) is 5.85. The normalized spacial score (nSPS) is 25.2. The molecule has 0 spiro atoms. The van der Waals surface area contributed by atoms with E-state index in [9.17, 15) is 9.90 Å². The monoisotopic (exact) mass is 234 g/mol. The minimum absolute atomic E-state index is 0.0111. The van der Waals surface area contributed by atoms with Crippen molar-refractivity contribution in [2.75, 3.05) is 0 Å². The van der Waals surface area contributed by atoms with Gasteiger partial charge in [-0.3, -0.25) is 4.79 Å². The molecule has 0 saturated heterocycles. The third-order valence-electron chi connectivity index (χ3n) is 3.42. The van der Waals surface area contributed by atoms with Crippen LogP contribution in [0.3, 0.4) is 0 Å². The van der Waals surface area contributed by atoms with Crippen LogP contribution in [0, 0.1) is 0 Å². The van der Waals surface area contributed by atoms with Crippen LogP contribution >= 0.6 is 0 Å². The number of rotatable bonds is 1. The van der Waals surface area contributed by atoms with E-state index < -0.39 is 0 Å². The van der Waals surface area contributed by atoms with Crippen LogP contribution in [0.15, 0.2) is 17.4 Å². The van der Waals surface area contributed by atoms with E-state index in [-0.39, 0.29) is 17.7 Å². The average Bonchev–Trinajstić information content (AvgIpc) is 2.75. The Morgan fingerprint density at radius 2 is 2.18 bits per heavy atom. The maximum Gasteiger partial charge on any atom is 0.278 e. The van der Waals surface area contributed by atoms with Gasteiger partial charge >= 0.3 is 0 Å². The summed E-state index contributed by atoms with van der Waals surface area (Å²) in [6.45, 7) is 0. The summed E-state index contributed by atoms with van der Waals surface area (Å²) in [6, 6.07) is -0.0111. The molecule has 0 amide bonds. The number of aliphatic hydroxyl groups excluding tert-OH is 1. The highest BCUT2D eigenvalue weighted by Crippen LogP contribution is 2.29. The summed E-state index contributed by atoms with van der Waals surface area (Å²) in [5.74, 6) is 0. The van der Waals surface area contributed by atoms with E-state index in [1.54, 1.807) is 6.33 Å². The van der Waals surface area contributed by atoms with Crippen LogP contribution in [0.1, 0.15) is 31.7 Å². The molecule has 6 heteroatoms. The maximum atomic E-state index is 11.5. The highest BCUT2D eigenvalue weighted by molar-refractivity contribution is 5.68. The summed E-state index contributed by atoms with van der Waals surface area (Å²) in [6.07, 6.45) is 6.45. The van der Waals surface area contributed by atoms with Crippen LogP contribution in [0.2, 0.25) is 0 Å². The van der Waals surface area contributed by atoms with E-state index >= 15 is 0 Å². The van der Waals surface area contributed by atoms with Crippen molar-refractivity contribution in [1.29, 1.82) is 0 Å². The number of aromatic nitrogens is 4. The van der Waals surface area contributed by atoms with Gasteiger partial charge in [0.2, 0.25) is 0 Å². The summed E-state index contributed by atoms with van der Waals surface area (Å²) in [4.78, 5) is 22.2. The van der Waals surface area contributed by atoms with Crippen molar-refractivity contribution in [3.05, 3.63) is 23.0 Å². The highest BCUT2D eigenvalue weighted by Gasteiger charge is 2.26. The molecule has 3 rings (SSSR count).